The Morgan fingerprint density at radius 2 is 1.72 bits per heavy atom. The van der Waals surface area contributed by atoms with E-state index in [2.05, 4.69) is 15.6 Å². The number of rotatable bonds is 18. The number of amides is 4. The molecule has 4 rings (SSSR count). The van der Waals surface area contributed by atoms with Gasteiger partial charge in [0.25, 0.3) is 0 Å². The molecule has 2 aromatic carbocycles. The smallest absolute Gasteiger partial charge is 0.246 e. The molecule has 5 atom stereocenters. The average Bonchev–Trinajstić information content (AvgIpc) is 3.74. The summed E-state index contributed by atoms with van der Waals surface area (Å²) < 4.78 is 11.5. The lowest BCUT2D eigenvalue weighted by Gasteiger charge is -2.35. The minimum absolute atomic E-state index is 0.00674. The molecule has 3 aromatic rings. The summed E-state index contributed by atoms with van der Waals surface area (Å²) in [5.41, 5.74) is 17.3. The van der Waals surface area contributed by atoms with Gasteiger partial charge in [-0.25, -0.2) is 4.98 Å². The maximum Gasteiger partial charge on any atom is 0.246 e. The van der Waals surface area contributed by atoms with E-state index in [-0.39, 0.29) is 63.1 Å². The van der Waals surface area contributed by atoms with Crippen molar-refractivity contribution in [3.05, 3.63) is 76.4 Å². The molecule has 0 spiro atoms. The number of hydrogen-bond donors (Lipinski definition) is 5. The lowest BCUT2D eigenvalue weighted by molar-refractivity contribution is -0.144. The number of nitrogens with one attached hydrogen (secondary N) is 2. The van der Waals surface area contributed by atoms with Crippen LogP contribution in [-0.2, 0) is 48.2 Å². The molecule has 1 fully saturated rings. The van der Waals surface area contributed by atoms with Crippen molar-refractivity contribution in [2.24, 2.45) is 16.9 Å². The number of carbonyl (C=O) groups is 4. The molecule has 13 nitrogen and oxygen atoms in total. The highest BCUT2D eigenvalue weighted by molar-refractivity contribution is 7.13. The number of nitrogens with two attached hydrogens (primary N) is 2. The molecule has 288 valence electrons. The first-order valence-corrected chi connectivity index (χ1v) is 18.9. The van der Waals surface area contributed by atoms with Crippen LogP contribution in [0.5, 0.6) is 0 Å². The lowest BCUT2D eigenvalue weighted by Crippen LogP contribution is -2.58. The normalized spacial score (nSPS) is 17.6. The Hall–Kier alpha value is -4.21. The molecule has 0 aliphatic carbocycles. The number of likely N-dealkylation sites (tertiary alicyclic amines) is 1. The predicted molar refractivity (Wildman–Crippen MR) is 203 cm³/mol. The third kappa shape index (κ3) is 12.4. The zero-order valence-corrected chi connectivity index (χ0v) is 32.1. The highest BCUT2D eigenvalue weighted by atomic mass is 32.1. The fourth-order valence-corrected chi connectivity index (χ4v) is 6.85. The molecule has 0 unspecified atom stereocenters. The first-order chi connectivity index (χ1) is 25.1. The number of nitrogens with zero attached hydrogens (tertiary/aromatic N) is 2. The van der Waals surface area contributed by atoms with E-state index in [0.717, 1.165) is 32.8 Å². The Balaban J connectivity index is 1.23. The summed E-state index contributed by atoms with van der Waals surface area (Å²) >= 11 is 1.57. The molecule has 4 amide bonds. The Morgan fingerprint density at radius 1 is 1.06 bits per heavy atom. The summed E-state index contributed by atoms with van der Waals surface area (Å²) in [6, 6.07) is 13.6. The molecule has 0 saturated carbocycles. The maximum atomic E-state index is 13.9. The van der Waals surface area contributed by atoms with E-state index in [1.165, 1.54) is 4.90 Å². The van der Waals surface area contributed by atoms with Gasteiger partial charge in [0.15, 0.2) is 0 Å². The number of β-amino-alcohol motifs (C(OH)–C–C–N with tert-alkyl or cyclic N) is 1. The molecule has 1 saturated heterocycles. The minimum atomic E-state index is -0.947. The third-order valence-electron chi connectivity index (χ3n) is 9.34. The van der Waals surface area contributed by atoms with E-state index in [4.69, 9.17) is 20.9 Å². The summed E-state index contributed by atoms with van der Waals surface area (Å²) in [5, 5.41) is 16.2. The molecule has 1 aliphatic rings. The average molecular weight is 751 g/mol. The molecule has 53 heavy (non-hydrogen) atoms. The zero-order chi connectivity index (χ0) is 38.7. The molecular weight excluding hydrogens is 697 g/mol. The topological polar surface area (TPSA) is 199 Å². The number of benzene rings is 2. The molecule has 1 aromatic heterocycles. The Labute approximate surface area is 315 Å². The molecule has 7 N–H and O–H groups in total. The summed E-state index contributed by atoms with van der Waals surface area (Å²) in [6.07, 6.45) is 0.272. The second kappa shape index (κ2) is 19.2. The molecule has 2 heterocycles. The van der Waals surface area contributed by atoms with Crippen LogP contribution in [0.1, 0.15) is 69.3 Å². The fourth-order valence-electron chi connectivity index (χ4n) is 6.03. The van der Waals surface area contributed by atoms with Crippen molar-refractivity contribution in [3.63, 3.8) is 0 Å². The quantitative estimate of drug-likeness (QED) is 0.121. The van der Waals surface area contributed by atoms with Gasteiger partial charge in [0.05, 0.1) is 41.5 Å². The van der Waals surface area contributed by atoms with Crippen LogP contribution in [0.15, 0.2) is 54.0 Å². The first-order valence-electron chi connectivity index (χ1n) is 18.0. The van der Waals surface area contributed by atoms with Crippen LogP contribution in [0, 0.1) is 12.3 Å². The van der Waals surface area contributed by atoms with Crippen LogP contribution in [0.25, 0.3) is 10.4 Å². The Bertz CT molecular complexity index is 1670. The standard InChI is InChI=1S/C39H54N6O7S/c1-24-35(53-23-43-24)29-12-10-27(11-13-29)19-42-37(49)32-18-30(46)20-45(32)38(50)36(39(3,4)5)44-34(48)22-51-17-16-26-6-8-28(9-7-26)21-52-25(2)31(40)14-15-33(41)47/h6-13,23,25,30-32,36,46H,14-22,40H2,1-5H3,(H2,41,47)(H,42,49)(H,44,48)/t25-,30-,31+,32+,36-/m1/s1. The predicted octanol–water partition coefficient (Wildman–Crippen LogP) is 2.98. The number of primary amides is 1. The van der Waals surface area contributed by atoms with Gasteiger partial charge in [0.2, 0.25) is 23.6 Å². The van der Waals surface area contributed by atoms with Crippen molar-refractivity contribution in [1.82, 2.24) is 20.5 Å². The number of aliphatic hydroxyl groups is 1. The van der Waals surface area contributed by atoms with E-state index in [1.807, 2.05) is 88.7 Å². The monoisotopic (exact) mass is 750 g/mol. The van der Waals surface area contributed by atoms with Crippen molar-refractivity contribution in [2.75, 3.05) is 19.8 Å². The number of carbonyl (C=O) groups excluding carboxylic acids is 4. The van der Waals surface area contributed by atoms with Crippen LogP contribution in [0.3, 0.4) is 0 Å². The van der Waals surface area contributed by atoms with Crippen LogP contribution >= 0.6 is 11.3 Å². The van der Waals surface area contributed by atoms with E-state index >= 15 is 0 Å². The molecule has 14 heteroatoms. The van der Waals surface area contributed by atoms with Gasteiger partial charge in [0.1, 0.15) is 18.7 Å². The summed E-state index contributed by atoms with van der Waals surface area (Å²) in [5.74, 6) is -1.63. The van der Waals surface area contributed by atoms with Gasteiger partial charge in [0, 0.05) is 32.0 Å². The first kappa shape index (κ1) is 41.5. The molecular formula is C39H54N6O7S. The van der Waals surface area contributed by atoms with Gasteiger partial charge in [-0.2, -0.15) is 0 Å². The van der Waals surface area contributed by atoms with Gasteiger partial charge in [-0.3, -0.25) is 19.2 Å². The van der Waals surface area contributed by atoms with Crippen LogP contribution in [-0.4, -0.2) is 88.7 Å². The molecule has 0 radical (unpaired) electrons. The van der Waals surface area contributed by atoms with E-state index in [9.17, 15) is 24.3 Å². The van der Waals surface area contributed by atoms with E-state index in [1.54, 1.807) is 11.3 Å². The van der Waals surface area contributed by atoms with Crippen molar-refractivity contribution in [1.29, 1.82) is 0 Å². The second-order valence-corrected chi connectivity index (χ2v) is 15.6. The van der Waals surface area contributed by atoms with Crippen molar-refractivity contribution < 1.29 is 33.8 Å². The van der Waals surface area contributed by atoms with Crippen LogP contribution in [0.2, 0.25) is 0 Å². The lowest BCUT2D eigenvalue weighted by atomic mass is 9.85. The van der Waals surface area contributed by atoms with E-state index < -0.39 is 35.4 Å². The highest BCUT2D eigenvalue weighted by Gasteiger charge is 2.44. The van der Waals surface area contributed by atoms with Crippen LogP contribution in [0.4, 0.5) is 0 Å². The number of thiazole rings is 1. The summed E-state index contributed by atoms with van der Waals surface area (Å²) in [7, 11) is 0. The Kier molecular flexibility index (Phi) is 15.1. The fraction of sp³-hybridized carbons (Fsp3) is 0.513. The Morgan fingerprint density at radius 3 is 2.34 bits per heavy atom. The van der Waals surface area contributed by atoms with Gasteiger partial charge in [-0.1, -0.05) is 69.3 Å². The number of aliphatic hydroxyl groups excluding tert-OH is 1. The second-order valence-electron chi connectivity index (χ2n) is 14.7. The summed E-state index contributed by atoms with van der Waals surface area (Å²) in [4.78, 5) is 58.0. The maximum absolute atomic E-state index is 13.9. The zero-order valence-electron chi connectivity index (χ0n) is 31.3. The van der Waals surface area contributed by atoms with Crippen molar-refractivity contribution in [3.8, 4) is 10.4 Å². The largest absolute Gasteiger partial charge is 0.391 e. The van der Waals surface area contributed by atoms with Crippen molar-refractivity contribution >= 4 is 35.0 Å². The SMILES string of the molecule is Cc1ncsc1-c1ccc(CNC(=O)[C@@H]2C[C@@H](O)CN2C(=O)[C@@H](NC(=O)COCCc2ccc(CO[C@H](C)[C@@H](N)CCC(N)=O)cc2)C(C)(C)C)cc1. The minimum Gasteiger partial charge on any atom is -0.391 e. The number of aryl methyl sites for hydroxylation is 1. The van der Waals surface area contributed by atoms with Gasteiger partial charge in [-0.05, 0) is 54.4 Å². The van der Waals surface area contributed by atoms with Crippen LogP contribution < -0.4 is 22.1 Å². The van der Waals surface area contributed by atoms with Gasteiger partial charge >= 0.3 is 0 Å². The molecule has 1 aliphatic heterocycles. The molecule has 0 bridgehead atoms. The van der Waals surface area contributed by atoms with Crippen molar-refractivity contribution in [2.45, 2.75) is 104 Å². The summed E-state index contributed by atoms with van der Waals surface area (Å²) in [6.45, 7) is 10.0. The highest BCUT2D eigenvalue weighted by Crippen LogP contribution is 2.28. The van der Waals surface area contributed by atoms with Gasteiger partial charge in [-0.15, -0.1) is 11.3 Å². The number of hydrogen-bond acceptors (Lipinski definition) is 10. The van der Waals surface area contributed by atoms with Gasteiger partial charge < -0.3 is 41.6 Å². The number of aromatic nitrogens is 1. The third-order valence-corrected chi connectivity index (χ3v) is 10.3. The van der Waals surface area contributed by atoms with E-state index in [0.29, 0.717) is 19.4 Å². The number of ether oxygens (including phenoxy) is 2.